The van der Waals surface area contributed by atoms with Crippen LogP contribution in [0.2, 0.25) is 0 Å². The maximum atomic E-state index is 5.54. The summed E-state index contributed by atoms with van der Waals surface area (Å²) in [5.41, 5.74) is 10.4. The van der Waals surface area contributed by atoms with Gasteiger partial charge in [0.1, 0.15) is 0 Å². The molecule has 0 spiro atoms. The molecule has 0 unspecified atom stereocenters. The molecule has 80 valence electrons. The summed E-state index contributed by atoms with van der Waals surface area (Å²) in [6.45, 7) is 2.76. The summed E-state index contributed by atoms with van der Waals surface area (Å²) in [7, 11) is 0. The molecule has 2 heterocycles. The lowest BCUT2D eigenvalue weighted by molar-refractivity contribution is 0.887. The van der Waals surface area contributed by atoms with E-state index in [1.165, 1.54) is 16.8 Å². The first-order chi connectivity index (χ1) is 7.31. The Morgan fingerprint density at radius 2 is 2.27 bits per heavy atom. The van der Waals surface area contributed by atoms with Gasteiger partial charge in [0, 0.05) is 30.4 Å². The second kappa shape index (κ2) is 4.31. The Hall–Kier alpha value is -1.55. The Labute approximate surface area is 88.9 Å². The molecular formula is C11H16N4. The minimum atomic E-state index is 0.652. The van der Waals surface area contributed by atoms with Gasteiger partial charge in [-0.25, -0.2) is 0 Å². The number of aryl methyl sites for hydroxylation is 1. The van der Waals surface area contributed by atoms with E-state index in [9.17, 15) is 0 Å². The van der Waals surface area contributed by atoms with Gasteiger partial charge in [-0.3, -0.25) is 5.10 Å². The molecule has 15 heavy (non-hydrogen) atoms. The first kappa shape index (κ1) is 9.98. The predicted octanol–water partition coefficient (Wildman–Crippen LogP) is 1.14. The number of hydrogen-bond acceptors (Lipinski definition) is 2. The Balaban J connectivity index is 2.17. The van der Waals surface area contributed by atoms with Gasteiger partial charge >= 0.3 is 0 Å². The number of aromatic amines is 2. The molecule has 0 aliphatic rings. The van der Waals surface area contributed by atoms with E-state index >= 15 is 0 Å². The molecule has 0 aliphatic heterocycles. The number of aromatic nitrogens is 3. The molecule has 0 aliphatic carbocycles. The minimum absolute atomic E-state index is 0.652. The van der Waals surface area contributed by atoms with Crippen molar-refractivity contribution in [2.75, 3.05) is 6.54 Å². The zero-order chi connectivity index (χ0) is 10.7. The van der Waals surface area contributed by atoms with Crippen molar-refractivity contribution >= 4 is 0 Å². The van der Waals surface area contributed by atoms with Gasteiger partial charge in [0.05, 0.1) is 6.20 Å². The highest BCUT2D eigenvalue weighted by molar-refractivity contribution is 5.28. The lowest BCUT2D eigenvalue weighted by Gasteiger charge is -2.01. The molecule has 2 rings (SSSR count). The molecule has 4 N–H and O–H groups in total. The van der Waals surface area contributed by atoms with E-state index in [2.05, 4.69) is 28.2 Å². The molecule has 0 saturated carbocycles. The van der Waals surface area contributed by atoms with Crippen LogP contribution in [-0.2, 0) is 12.8 Å². The van der Waals surface area contributed by atoms with Gasteiger partial charge in [-0.1, -0.05) is 0 Å². The fourth-order valence-electron chi connectivity index (χ4n) is 1.71. The monoisotopic (exact) mass is 204 g/mol. The zero-order valence-corrected chi connectivity index (χ0v) is 8.88. The van der Waals surface area contributed by atoms with Crippen molar-refractivity contribution in [1.82, 2.24) is 15.2 Å². The standard InChI is InChI=1S/C11H16N4/c1-8-3-5-13-11(8)6-9-7-14-15-10(9)2-4-12/h3,5,7,13H,2,4,6,12H2,1H3,(H,14,15). The molecule has 4 heteroatoms. The zero-order valence-electron chi connectivity index (χ0n) is 8.88. The van der Waals surface area contributed by atoms with Crippen LogP contribution in [0, 0.1) is 6.92 Å². The molecule has 0 radical (unpaired) electrons. The van der Waals surface area contributed by atoms with Crippen LogP contribution in [0.5, 0.6) is 0 Å². The number of nitrogens with zero attached hydrogens (tertiary/aromatic N) is 1. The Morgan fingerprint density at radius 3 is 2.93 bits per heavy atom. The highest BCUT2D eigenvalue weighted by atomic mass is 15.1. The van der Waals surface area contributed by atoms with Crippen molar-refractivity contribution in [2.24, 2.45) is 5.73 Å². The average Bonchev–Trinajstić information content (AvgIpc) is 2.80. The van der Waals surface area contributed by atoms with Gasteiger partial charge in [0.15, 0.2) is 0 Å². The number of nitrogens with two attached hydrogens (primary N) is 1. The summed E-state index contributed by atoms with van der Waals surface area (Å²) in [5.74, 6) is 0. The molecular weight excluding hydrogens is 188 g/mol. The summed E-state index contributed by atoms with van der Waals surface area (Å²) in [5, 5.41) is 7.05. The van der Waals surface area contributed by atoms with Crippen LogP contribution in [0.25, 0.3) is 0 Å². The highest BCUT2D eigenvalue weighted by Gasteiger charge is 2.07. The number of hydrogen-bond donors (Lipinski definition) is 3. The highest BCUT2D eigenvalue weighted by Crippen LogP contribution is 2.14. The van der Waals surface area contributed by atoms with Gasteiger partial charge in [0.25, 0.3) is 0 Å². The number of H-pyrrole nitrogens is 2. The second-order valence-electron chi connectivity index (χ2n) is 3.73. The molecule has 0 amide bonds. The molecule has 2 aromatic heterocycles. The molecule has 0 saturated heterocycles. The molecule has 0 fully saturated rings. The van der Waals surface area contributed by atoms with Crippen LogP contribution in [0.1, 0.15) is 22.5 Å². The van der Waals surface area contributed by atoms with E-state index in [-0.39, 0.29) is 0 Å². The van der Waals surface area contributed by atoms with Gasteiger partial charge in [0.2, 0.25) is 0 Å². The third-order valence-corrected chi connectivity index (χ3v) is 2.64. The van der Waals surface area contributed by atoms with Crippen molar-refractivity contribution in [2.45, 2.75) is 19.8 Å². The van der Waals surface area contributed by atoms with Crippen LogP contribution >= 0.6 is 0 Å². The van der Waals surface area contributed by atoms with Crippen molar-refractivity contribution < 1.29 is 0 Å². The van der Waals surface area contributed by atoms with Gasteiger partial charge in [-0.15, -0.1) is 0 Å². The van der Waals surface area contributed by atoms with Gasteiger partial charge in [-0.05, 0) is 30.7 Å². The topological polar surface area (TPSA) is 70.5 Å². The maximum absolute atomic E-state index is 5.54. The fourth-order valence-corrected chi connectivity index (χ4v) is 1.71. The third kappa shape index (κ3) is 2.10. The lowest BCUT2D eigenvalue weighted by atomic mass is 10.1. The Kier molecular flexibility index (Phi) is 2.87. The first-order valence-corrected chi connectivity index (χ1v) is 5.15. The molecule has 0 bridgehead atoms. The number of rotatable bonds is 4. The van der Waals surface area contributed by atoms with Crippen LogP contribution in [0.15, 0.2) is 18.5 Å². The summed E-state index contributed by atoms with van der Waals surface area (Å²) in [6, 6.07) is 2.08. The molecule has 0 aromatic carbocycles. The van der Waals surface area contributed by atoms with E-state index in [1.54, 1.807) is 0 Å². The fraction of sp³-hybridized carbons (Fsp3) is 0.364. The van der Waals surface area contributed by atoms with Crippen LogP contribution in [0.3, 0.4) is 0 Å². The Bertz CT molecular complexity index is 427. The van der Waals surface area contributed by atoms with E-state index in [0.29, 0.717) is 6.54 Å². The minimum Gasteiger partial charge on any atom is -0.364 e. The summed E-state index contributed by atoms with van der Waals surface area (Å²) >= 11 is 0. The maximum Gasteiger partial charge on any atom is 0.0526 e. The van der Waals surface area contributed by atoms with Crippen LogP contribution < -0.4 is 5.73 Å². The Morgan fingerprint density at radius 1 is 1.40 bits per heavy atom. The lowest BCUT2D eigenvalue weighted by Crippen LogP contribution is -2.05. The summed E-state index contributed by atoms with van der Waals surface area (Å²) in [4.78, 5) is 3.24. The van der Waals surface area contributed by atoms with E-state index in [1.807, 2.05) is 12.4 Å². The van der Waals surface area contributed by atoms with Crippen LogP contribution in [0.4, 0.5) is 0 Å². The summed E-state index contributed by atoms with van der Waals surface area (Å²) < 4.78 is 0. The van der Waals surface area contributed by atoms with E-state index in [4.69, 9.17) is 5.73 Å². The van der Waals surface area contributed by atoms with Gasteiger partial charge < -0.3 is 10.7 Å². The van der Waals surface area contributed by atoms with Crippen molar-refractivity contribution in [1.29, 1.82) is 0 Å². The first-order valence-electron chi connectivity index (χ1n) is 5.15. The van der Waals surface area contributed by atoms with E-state index in [0.717, 1.165) is 18.5 Å². The van der Waals surface area contributed by atoms with Crippen molar-refractivity contribution in [3.05, 3.63) is 41.0 Å². The third-order valence-electron chi connectivity index (χ3n) is 2.64. The van der Waals surface area contributed by atoms with E-state index < -0.39 is 0 Å². The second-order valence-corrected chi connectivity index (χ2v) is 3.73. The molecule has 2 aromatic rings. The smallest absolute Gasteiger partial charge is 0.0526 e. The molecule has 4 nitrogen and oxygen atoms in total. The van der Waals surface area contributed by atoms with Gasteiger partial charge in [-0.2, -0.15) is 5.10 Å². The number of nitrogens with one attached hydrogen (secondary N) is 2. The molecule has 0 atom stereocenters. The normalized spacial score (nSPS) is 10.8. The summed E-state index contributed by atoms with van der Waals surface area (Å²) in [6.07, 6.45) is 5.60. The van der Waals surface area contributed by atoms with Crippen molar-refractivity contribution in [3.63, 3.8) is 0 Å². The predicted molar refractivity (Wildman–Crippen MR) is 59.7 cm³/mol. The average molecular weight is 204 g/mol. The van der Waals surface area contributed by atoms with Crippen molar-refractivity contribution in [3.8, 4) is 0 Å². The largest absolute Gasteiger partial charge is 0.364 e. The SMILES string of the molecule is Cc1cc[nH]c1Cc1cn[nH]c1CCN. The quantitative estimate of drug-likeness (QED) is 0.699. The van der Waals surface area contributed by atoms with Crippen LogP contribution in [-0.4, -0.2) is 21.7 Å².